The fourth-order valence-electron chi connectivity index (χ4n) is 3.15. The Morgan fingerprint density at radius 3 is 0.617 bits per heavy atom. The molecule has 0 aliphatic rings. The zero-order valence-electron chi connectivity index (χ0n) is 27.0. The molecule has 0 aromatic rings. The van der Waals surface area contributed by atoms with Gasteiger partial charge in [0.1, 0.15) is 6.29 Å². The van der Waals surface area contributed by atoms with Gasteiger partial charge in [-0.2, -0.15) is 140 Å². The summed E-state index contributed by atoms with van der Waals surface area (Å²) in [5.41, 5.74) is -16.8. The summed E-state index contributed by atoms with van der Waals surface area (Å²) in [7, 11) is -11.3. The second-order valence-corrected chi connectivity index (χ2v) is 14.0. The Bertz CT molecular complexity index is 1490. The highest BCUT2D eigenvalue weighted by molar-refractivity contribution is 7.86. The number of hydrogen-bond donors (Lipinski definition) is 4. The molecule has 4 N–H and O–H groups in total. The standard InChI is InChI=1S/2C9H5F15O3S.C2H6O2/c2*10-3(11,1-2-28(25,26)27)5(13,14)7(17,18)6(15,16)4(12,8(19,20)21)9(22,23)24;1-2(3)4/h2*1-2H2,(H,25,26,27);2-4H,1H3. The molecule has 0 aliphatic carbocycles. The Morgan fingerprint density at radius 1 is 0.350 bits per heavy atom. The van der Waals surface area contributed by atoms with Gasteiger partial charge in [-0.25, -0.2) is 8.78 Å². The maximum Gasteiger partial charge on any atom is 0.438 e. The Kier molecular flexibility index (Phi) is 17.9. The monoisotopic (exact) mass is 1020 g/mol. The van der Waals surface area contributed by atoms with Gasteiger partial charge < -0.3 is 10.2 Å². The molecule has 0 aromatic heterocycles. The van der Waals surface area contributed by atoms with E-state index in [1.54, 1.807) is 0 Å². The fourth-order valence-corrected chi connectivity index (χ4v) is 4.18. The van der Waals surface area contributed by atoms with Crippen molar-refractivity contribution in [2.45, 2.75) is 109 Å². The molecule has 0 bridgehead atoms. The maximum atomic E-state index is 13.2. The van der Waals surface area contributed by atoms with Crippen molar-refractivity contribution in [3.63, 3.8) is 0 Å². The van der Waals surface area contributed by atoms with Crippen LogP contribution in [0.2, 0.25) is 0 Å². The average molecular weight is 1020 g/mol. The molecule has 0 amide bonds. The van der Waals surface area contributed by atoms with E-state index in [1.807, 2.05) is 0 Å². The van der Waals surface area contributed by atoms with Crippen molar-refractivity contribution < 1.29 is 168 Å². The molecule has 0 rings (SSSR count). The molecular formula is C20H16F30O8S2. The van der Waals surface area contributed by atoms with Gasteiger partial charge in [0, 0.05) is 12.8 Å². The number of aliphatic hydroxyl groups is 2. The SMILES string of the molecule is CC(O)O.O=S(=O)(O)CCC(F)(F)C(F)(F)C(F)(F)C(F)(F)C(F)(C(F)(F)F)C(F)(F)F.O=S(=O)(O)CCC(F)(F)C(F)(F)C(F)(F)C(F)(F)C(F)(C(F)(F)F)C(F)(F)F. The van der Waals surface area contributed by atoms with Crippen LogP contribution in [-0.4, -0.2) is 137 Å². The Hall–Kier alpha value is -2.36. The predicted molar refractivity (Wildman–Crippen MR) is 127 cm³/mol. The average Bonchev–Trinajstić information content (AvgIpc) is 2.94. The van der Waals surface area contributed by atoms with Crippen molar-refractivity contribution >= 4 is 20.2 Å². The summed E-state index contributed by atoms with van der Waals surface area (Å²) in [6.45, 7) is 1.28. The van der Waals surface area contributed by atoms with E-state index in [-0.39, 0.29) is 0 Å². The smallest absolute Gasteiger partial charge is 0.368 e. The third kappa shape index (κ3) is 11.6. The van der Waals surface area contributed by atoms with Crippen LogP contribution in [0.4, 0.5) is 132 Å². The molecule has 0 saturated carbocycles. The van der Waals surface area contributed by atoms with E-state index >= 15 is 0 Å². The molecule has 0 radical (unpaired) electrons. The summed E-state index contributed by atoms with van der Waals surface area (Å²) in [5, 5.41) is 15.2. The van der Waals surface area contributed by atoms with Crippen molar-refractivity contribution in [3.05, 3.63) is 0 Å². The predicted octanol–water partition coefficient (Wildman–Crippen LogP) is 8.59. The zero-order chi connectivity index (χ0) is 50.4. The van der Waals surface area contributed by atoms with Gasteiger partial charge in [0.25, 0.3) is 20.2 Å². The molecule has 0 saturated heterocycles. The highest BCUT2D eigenvalue weighted by Gasteiger charge is 2.97. The van der Waals surface area contributed by atoms with Crippen LogP contribution in [0.15, 0.2) is 0 Å². The fraction of sp³-hybridized carbons (Fsp3) is 1.00. The molecule has 0 aliphatic heterocycles. The van der Waals surface area contributed by atoms with Gasteiger partial charge in [0.2, 0.25) is 0 Å². The molecule has 0 unspecified atom stereocenters. The van der Waals surface area contributed by atoms with E-state index in [9.17, 15) is 149 Å². The van der Waals surface area contributed by atoms with E-state index in [1.165, 1.54) is 6.92 Å². The Balaban J connectivity index is -0.000000992. The first-order chi connectivity index (χ1) is 25.1. The molecule has 8 nitrogen and oxygen atoms in total. The third-order valence-electron chi connectivity index (χ3n) is 6.27. The molecule has 60 heavy (non-hydrogen) atoms. The summed E-state index contributed by atoms with van der Waals surface area (Å²) in [4.78, 5) is 0. The van der Waals surface area contributed by atoms with Gasteiger partial charge in [0.15, 0.2) is 0 Å². The van der Waals surface area contributed by atoms with Crippen LogP contribution in [0.3, 0.4) is 0 Å². The van der Waals surface area contributed by atoms with E-state index in [0.29, 0.717) is 0 Å². The van der Waals surface area contributed by atoms with Crippen LogP contribution < -0.4 is 0 Å². The number of halogens is 30. The van der Waals surface area contributed by atoms with Crippen LogP contribution in [0.25, 0.3) is 0 Å². The van der Waals surface area contributed by atoms with Crippen molar-refractivity contribution in [3.8, 4) is 0 Å². The van der Waals surface area contributed by atoms with Gasteiger partial charge in [0.05, 0.1) is 11.5 Å². The van der Waals surface area contributed by atoms with Crippen LogP contribution >= 0.6 is 0 Å². The minimum atomic E-state index is -8.55. The van der Waals surface area contributed by atoms with Gasteiger partial charge in [-0.15, -0.1) is 0 Å². The molecule has 0 atom stereocenters. The molecule has 0 spiro atoms. The van der Waals surface area contributed by atoms with Crippen LogP contribution in [0, 0.1) is 0 Å². The van der Waals surface area contributed by atoms with Gasteiger partial charge in [-0.3, -0.25) is 9.11 Å². The molecule has 40 heteroatoms. The topological polar surface area (TPSA) is 149 Å². The Labute approximate surface area is 309 Å². The molecule has 0 aromatic carbocycles. The summed E-state index contributed by atoms with van der Waals surface area (Å²) in [5.74, 6) is -68.1. The van der Waals surface area contributed by atoms with E-state index < -0.39 is 134 Å². The first-order valence-corrected chi connectivity index (χ1v) is 16.3. The van der Waals surface area contributed by atoms with E-state index in [2.05, 4.69) is 0 Å². The van der Waals surface area contributed by atoms with Gasteiger partial charge >= 0.3 is 83.4 Å². The largest absolute Gasteiger partial charge is 0.438 e. The number of rotatable bonds is 14. The zero-order valence-corrected chi connectivity index (χ0v) is 28.6. The van der Waals surface area contributed by atoms with Gasteiger partial charge in [-0.05, 0) is 6.92 Å². The van der Waals surface area contributed by atoms with E-state index in [4.69, 9.17) is 19.3 Å². The maximum absolute atomic E-state index is 13.2. The van der Waals surface area contributed by atoms with Gasteiger partial charge in [-0.1, -0.05) is 0 Å². The van der Waals surface area contributed by atoms with Crippen molar-refractivity contribution in [2.24, 2.45) is 0 Å². The first-order valence-electron chi connectivity index (χ1n) is 13.1. The van der Waals surface area contributed by atoms with E-state index in [0.717, 1.165) is 0 Å². The second-order valence-electron chi connectivity index (χ2n) is 10.9. The van der Waals surface area contributed by atoms with Crippen LogP contribution in [0.1, 0.15) is 19.8 Å². The highest BCUT2D eigenvalue weighted by Crippen LogP contribution is 2.66. The van der Waals surface area contributed by atoms with Crippen molar-refractivity contribution in [2.75, 3.05) is 11.5 Å². The molecule has 0 heterocycles. The quantitative estimate of drug-likeness (QED) is 0.0769. The molecule has 0 fully saturated rings. The lowest BCUT2D eigenvalue weighted by Crippen LogP contribution is -2.75. The number of aliphatic hydroxyl groups excluding tert-OH is 1. The molecular weight excluding hydrogens is 1000 g/mol. The number of alkyl halides is 30. The minimum Gasteiger partial charge on any atom is -0.368 e. The lowest BCUT2D eigenvalue weighted by molar-refractivity contribution is -0.457. The third-order valence-corrected chi connectivity index (χ3v) is 7.71. The molecule has 366 valence electrons. The van der Waals surface area contributed by atoms with Crippen molar-refractivity contribution in [1.82, 2.24) is 0 Å². The van der Waals surface area contributed by atoms with Crippen LogP contribution in [0.5, 0.6) is 0 Å². The number of hydrogen-bond acceptors (Lipinski definition) is 6. The Morgan fingerprint density at radius 2 is 0.500 bits per heavy atom. The first kappa shape index (κ1) is 61.9. The lowest BCUT2D eigenvalue weighted by Gasteiger charge is -2.43. The minimum absolute atomic E-state index is 1.17. The summed E-state index contributed by atoms with van der Waals surface area (Å²) in [6.07, 6.45) is -39.6. The summed E-state index contributed by atoms with van der Waals surface area (Å²) < 4.78 is 440. The van der Waals surface area contributed by atoms with Crippen molar-refractivity contribution in [1.29, 1.82) is 0 Å². The lowest BCUT2D eigenvalue weighted by atomic mass is 9.85. The highest BCUT2D eigenvalue weighted by atomic mass is 32.2. The van der Waals surface area contributed by atoms with Crippen LogP contribution in [-0.2, 0) is 20.2 Å². The second kappa shape index (κ2) is 17.3. The normalized spacial score (nSPS) is 15.9. The summed E-state index contributed by atoms with van der Waals surface area (Å²) >= 11 is 0. The summed E-state index contributed by atoms with van der Waals surface area (Å²) in [6, 6.07) is 0.